The maximum absolute atomic E-state index is 11.2. The van der Waals surface area contributed by atoms with Gasteiger partial charge in [0.2, 0.25) is 0 Å². The number of nitrogens with one attached hydrogen (secondary N) is 1. The summed E-state index contributed by atoms with van der Waals surface area (Å²) in [6, 6.07) is 13.2. The molecule has 0 aliphatic carbocycles. The lowest BCUT2D eigenvalue weighted by Crippen LogP contribution is -2.34. The molecule has 2 aromatic rings. The Morgan fingerprint density at radius 2 is 1.68 bits per heavy atom. The van der Waals surface area contributed by atoms with Crippen LogP contribution in [0.5, 0.6) is 0 Å². The Morgan fingerprint density at radius 1 is 1.11 bits per heavy atom. The van der Waals surface area contributed by atoms with Crippen LogP contribution >= 0.6 is 11.6 Å². The first kappa shape index (κ1) is 13.4. The number of aliphatic carboxylic acids is 1. The van der Waals surface area contributed by atoms with E-state index in [2.05, 4.69) is 5.32 Å². The fourth-order valence-electron chi connectivity index (χ4n) is 1.75. The maximum atomic E-state index is 11.2. The number of halogens is 1. The van der Waals surface area contributed by atoms with Crippen LogP contribution in [0, 0.1) is 6.92 Å². The molecular weight excluding hydrogens is 262 g/mol. The lowest BCUT2D eigenvalue weighted by atomic mass is 10.1. The molecule has 19 heavy (non-hydrogen) atoms. The van der Waals surface area contributed by atoms with Gasteiger partial charge >= 0.3 is 0 Å². The van der Waals surface area contributed by atoms with Crippen LogP contribution < -0.4 is 10.4 Å². The molecule has 0 saturated heterocycles. The predicted octanol–water partition coefficient (Wildman–Crippen LogP) is 2.55. The Kier molecular flexibility index (Phi) is 4.07. The number of anilines is 1. The largest absolute Gasteiger partial charge is 0.548 e. The number of hydrogen-bond acceptors (Lipinski definition) is 3. The first-order valence-corrected chi connectivity index (χ1v) is 6.23. The number of carbonyl (C=O) groups excluding carboxylic acids is 1. The van der Waals surface area contributed by atoms with Crippen LogP contribution in [-0.2, 0) is 4.79 Å². The third kappa shape index (κ3) is 3.48. The second kappa shape index (κ2) is 5.76. The van der Waals surface area contributed by atoms with Crippen LogP contribution in [0.25, 0.3) is 0 Å². The Bertz CT molecular complexity index is 564. The molecule has 0 saturated carbocycles. The minimum atomic E-state index is -1.18. The lowest BCUT2D eigenvalue weighted by Gasteiger charge is -2.21. The van der Waals surface area contributed by atoms with E-state index in [1.165, 1.54) is 0 Å². The van der Waals surface area contributed by atoms with Gasteiger partial charge in [-0.2, -0.15) is 0 Å². The van der Waals surface area contributed by atoms with E-state index in [4.69, 9.17) is 11.6 Å². The summed E-state index contributed by atoms with van der Waals surface area (Å²) in [7, 11) is 0. The van der Waals surface area contributed by atoms with Crippen molar-refractivity contribution in [1.82, 2.24) is 0 Å². The second-order valence-electron chi connectivity index (χ2n) is 4.31. The zero-order valence-corrected chi connectivity index (χ0v) is 11.1. The second-order valence-corrected chi connectivity index (χ2v) is 4.75. The summed E-state index contributed by atoms with van der Waals surface area (Å²) in [6.07, 6.45) is 0. The number of carboxylic acid groups (broad SMARTS) is 1. The van der Waals surface area contributed by atoms with Crippen LogP contribution in [0.2, 0.25) is 5.02 Å². The molecule has 0 unspecified atom stereocenters. The maximum Gasteiger partial charge on any atom is 0.0912 e. The Labute approximate surface area is 116 Å². The SMILES string of the molecule is Cc1ccc(N[C@H](C(=O)[O-])c2ccc(Cl)cc2)cc1. The molecule has 0 fully saturated rings. The molecule has 0 aliphatic heterocycles. The number of aryl methyl sites for hydroxylation is 1. The molecule has 0 amide bonds. The van der Waals surface area contributed by atoms with E-state index in [0.717, 1.165) is 11.3 Å². The van der Waals surface area contributed by atoms with Crippen molar-refractivity contribution >= 4 is 23.3 Å². The molecule has 0 heterocycles. The number of rotatable bonds is 4. The number of carbonyl (C=O) groups is 1. The molecule has 4 heteroatoms. The highest BCUT2D eigenvalue weighted by atomic mass is 35.5. The van der Waals surface area contributed by atoms with Gasteiger partial charge in [0.05, 0.1) is 12.0 Å². The zero-order valence-electron chi connectivity index (χ0n) is 10.4. The molecule has 0 bridgehead atoms. The topological polar surface area (TPSA) is 52.2 Å². The van der Waals surface area contributed by atoms with E-state index in [1.54, 1.807) is 24.3 Å². The summed E-state index contributed by atoms with van der Waals surface area (Å²) in [5.74, 6) is -1.18. The average molecular weight is 275 g/mol. The van der Waals surface area contributed by atoms with Crippen LogP contribution in [0.1, 0.15) is 17.2 Å². The van der Waals surface area contributed by atoms with Gasteiger partial charge in [0.15, 0.2) is 0 Å². The van der Waals surface area contributed by atoms with Crippen molar-refractivity contribution in [3.8, 4) is 0 Å². The molecule has 1 atom stereocenters. The first-order chi connectivity index (χ1) is 9.06. The number of benzene rings is 2. The number of hydrogen-bond donors (Lipinski definition) is 1. The molecule has 0 radical (unpaired) electrons. The zero-order chi connectivity index (χ0) is 13.8. The summed E-state index contributed by atoms with van der Waals surface area (Å²) in [4.78, 5) is 11.2. The lowest BCUT2D eigenvalue weighted by molar-refractivity contribution is -0.307. The van der Waals surface area contributed by atoms with Crippen molar-refractivity contribution in [2.75, 3.05) is 5.32 Å². The third-order valence-corrected chi connectivity index (χ3v) is 3.05. The Morgan fingerprint density at radius 3 is 2.21 bits per heavy atom. The number of carboxylic acids is 1. The van der Waals surface area contributed by atoms with Crippen molar-refractivity contribution in [3.63, 3.8) is 0 Å². The van der Waals surface area contributed by atoms with Gasteiger partial charge in [-0.3, -0.25) is 0 Å². The highest BCUT2D eigenvalue weighted by Gasteiger charge is 2.12. The van der Waals surface area contributed by atoms with Crippen molar-refractivity contribution in [1.29, 1.82) is 0 Å². The Balaban J connectivity index is 2.23. The van der Waals surface area contributed by atoms with Crippen molar-refractivity contribution in [3.05, 3.63) is 64.7 Å². The summed E-state index contributed by atoms with van der Waals surface area (Å²) < 4.78 is 0. The molecular formula is C15H13ClNO2-. The van der Waals surface area contributed by atoms with E-state index in [-0.39, 0.29) is 0 Å². The van der Waals surface area contributed by atoms with Gasteiger partial charge < -0.3 is 15.2 Å². The van der Waals surface area contributed by atoms with E-state index >= 15 is 0 Å². The summed E-state index contributed by atoms with van der Waals surface area (Å²) in [5.41, 5.74) is 2.45. The highest BCUT2D eigenvalue weighted by molar-refractivity contribution is 6.30. The fourth-order valence-corrected chi connectivity index (χ4v) is 1.88. The van der Waals surface area contributed by atoms with Gasteiger partial charge in [0.25, 0.3) is 0 Å². The van der Waals surface area contributed by atoms with Gasteiger partial charge in [0, 0.05) is 10.7 Å². The minimum absolute atomic E-state index is 0.566. The smallest absolute Gasteiger partial charge is 0.0912 e. The van der Waals surface area contributed by atoms with Gasteiger partial charge in [0.1, 0.15) is 0 Å². The normalized spacial score (nSPS) is 11.9. The highest BCUT2D eigenvalue weighted by Crippen LogP contribution is 2.21. The summed E-state index contributed by atoms with van der Waals surface area (Å²) >= 11 is 5.79. The third-order valence-electron chi connectivity index (χ3n) is 2.80. The fraction of sp³-hybridized carbons (Fsp3) is 0.133. The molecule has 0 spiro atoms. The van der Waals surface area contributed by atoms with E-state index < -0.39 is 12.0 Å². The predicted molar refractivity (Wildman–Crippen MR) is 74.0 cm³/mol. The Hall–Kier alpha value is -2.00. The molecule has 98 valence electrons. The minimum Gasteiger partial charge on any atom is -0.548 e. The monoisotopic (exact) mass is 274 g/mol. The van der Waals surface area contributed by atoms with Crippen molar-refractivity contribution < 1.29 is 9.90 Å². The molecule has 0 aromatic heterocycles. The molecule has 3 nitrogen and oxygen atoms in total. The summed E-state index contributed by atoms with van der Waals surface area (Å²) in [6.45, 7) is 1.97. The van der Waals surface area contributed by atoms with Crippen LogP contribution in [0.3, 0.4) is 0 Å². The van der Waals surface area contributed by atoms with E-state index in [1.807, 2.05) is 31.2 Å². The van der Waals surface area contributed by atoms with Gasteiger partial charge in [-0.1, -0.05) is 41.4 Å². The first-order valence-electron chi connectivity index (χ1n) is 5.86. The van der Waals surface area contributed by atoms with Crippen LogP contribution in [0.4, 0.5) is 5.69 Å². The quantitative estimate of drug-likeness (QED) is 0.932. The van der Waals surface area contributed by atoms with E-state index in [0.29, 0.717) is 10.6 Å². The molecule has 0 aliphatic rings. The van der Waals surface area contributed by atoms with Crippen LogP contribution in [-0.4, -0.2) is 5.97 Å². The van der Waals surface area contributed by atoms with E-state index in [9.17, 15) is 9.90 Å². The van der Waals surface area contributed by atoms with Gasteiger partial charge in [-0.05, 0) is 36.8 Å². The van der Waals surface area contributed by atoms with Crippen LogP contribution in [0.15, 0.2) is 48.5 Å². The average Bonchev–Trinajstić information content (AvgIpc) is 2.39. The van der Waals surface area contributed by atoms with Gasteiger partial charge in [-0.15, -0.1) is 0 Å². The standard InChI is InChI=1S/C15H14ClNO2/c1-10-2-8-13(9-3-10)17-14(15(18)19)11-4-6-12(16)7-5-11/h2-9,14,17H,1H3,(H,18,19)/p-1/t14-/m0/s1. The van der Waals surface area contributed by atoms with Gasteiger partial charge in [-0.25, -0.2) is 0 Å². The molecule has 2 aromatic carbocycles. The van der Waals surface area contributed by atoms with Crippen molar-refractivity contribution in [2.24, 2.45) is 0 Å². The molecule has 1 N–H and O–H groups in total. The molecule has 2 rings (SSSR count). The van der Waals surface area contributed by atoms with Crippen molar-refractivity contribution in [2.45, 2.75) is 13.0 Å². The summed E-state index contributed by atoms with van der Waals surface area (Å²) in [5, 5.41) is 14.8.